The Labute approximate surface area is 142 Å². The minimum atomic E-state index is -0.694. The second-order valence-corrected chi connectivity index (χ2v) is 5.47. The van der Waals surface area contributed by atoms with Gasteiger partial charge < -0.3 is 14.5 Å². The third kappa shape index (κ3) is 3.49. The quantitative estimate of drug-likeness (QED) is 0.499. The maximum Gasteiger partial charge on any atom is 0.345 e. The molecule has 25 heavy (non-hydrogen) atoms. The highest BCUT2D eigenvalue weighted by atomic mass is 16.6. The molecule has 0 saturated heterocycles. The summed E-state index contributed by atoms with van der Waals surface area (Å²) in [6, 6.07) is 4.08. The van der Waals surface area contributed by atoms with E-state index >= 15 is 0 Å². The van der Waals surface area contributed by atoms with E-state index in [2.05, 4.69) is 9.97 Å². The minimum absolute atomic E-state index is 0.0186. The standard InChI is InChI=1S/C16H17N3O6/c1-8(2)13-12(15(20)25-4)14(18-16(21)17-13)9-5-6-11(24-3)10(7-9)19(22)23/h5-8H,1-4H3,(H,17,18,21). The number of hydrogen-bond acceptors (Lipinski definition) is 7. The summed E-state index contributed by atoms with van der Waals surface area (Å²) in [5, 5.41) is 11.2. The SMILES string of the molecule is COC(=O)c1c(-c2ccc(OC)c([N+](=O)[O-])c2)nc(=O)[nH]c1C(C)C. The summed E-state index contributed by atoms with van der Waals surface area (Å²) in [6.07, 6.45) is 0. The molecule has 0 radical (unpaired) electrons. The van der Waals surface area contributed by atoms with Gasteiger partial charge in [0.1, 0.15) is 5.56 Å². The Morgan fingerprint density at radius 2 is 2.00 bits per heavy atom. The third-order valence-electron chi connectivity index (χ3n) is 3.58. The topological polar surface area (TPSA) is 124 Å². The number of benzene rings is 1. The van der Waals surface area contributed by atoms with Crippen molar-refractivity contribution in [2.24, 2.45) is 0 Å². The Morgan fingerprint density at radius 3 is 2.52 bits per heavy atom. The van der Waals surface area contributed by atoms with Crippen molar-refractivity contribution in [3.8, 4) is 17.0 Å². The number of carbonyl (C=O) groups is 1. The number of nitro benzene ring substituents is 1. The molecule has 0 unspecified atom stereocenters. The Kier molecular flexibility index (Phi) is 5.16. The number of H-pyrrole nitrogens is 1. The van der Waals surface area contributed by atoms with Crippen molar-refractivity contribution in [3.63, 3.8) is 0 Å². The van der Waals surface area contributed by atoms with Gasteiger partial charge in [-0.25, -0.2) is 9.59 Å². The summed E-state index contributed by atoms with van der Waals surface area (Å²) in [5.41, 5.74) is -0.295. The molecule has 9 heteroatoms. The van der Waals surface area contributed by atoms with Gasteiger partial charge in [0.05, 0.1) is 24.8 Å². The zero-order valence-corrected chi connectivity index (χ0v) is 14.2. The van der Waals surface area contributed by atoms with Gasteiger partial charge in [-0.2, -0.15) is 4.98 Å². The predicted octanol–water partition coefficient (Wildman–Crippen LogP) is 2.26. The van der Waals surface area contributed by atoms with Crippen LogP contribution in [0.1, 0.15) is 35.8 Å². The molecule has 0 aliphatic rings. The van der Waals surface area contributed by atoms with Gasteiger partial charge in [-0.3, -0.25) is 10.1 Å². The van der Waals surface area contributed by atoms with E-state index in [1.165, 1.54) is 32.4 Å². The number of ether oxygens (including phenoxy) is 2. The number of aromatic nitrogens is 2. The van der Waals surface area contributed by atoms with E-state index in [0.717, 1.165) is 0 Å². The Balaban J connectivity index is 2.83. The van der Waals surface area contributed by atoms with E-state index in [0.29, 0.717) is 5.69 Å². The maximum atomic E-state index is 12.2. The number of aromatic amines is 1. The van der Waals surface area contributed by atoms with Crippen LogP contribution in [0.2, 0.25) is 0 Å². The van der Waals surface area contributed by atoms with Gasteiger partial charge in [-0.15, -0.1) is 0 Å². The Morgan fingerprint density at radius 1 is 1.32 bits per heavy atom. The largest absolute Gasteiger partial charge is 0.490 e. The molecule has 132 valence electrons. The summed E-state index contributed by atoms with van der Waals surface area (Å²) in [7, 11) is 2.52. The first-order valence-corrected chi connectivity index (χ1v) is 7.35. The van der Waals surface area contributed by atoms with E-state index < -0.39 is 16.6 Å². The molecule has 0 atom stereocenters. The normalized spacial score (nSPS) is 10.6. The summed E-state index contributed by atoms with van der Waals surface area (Å²) in [4.78, 5) is 41.1. The smallest absolute Gasteiger partial charge is 0.345 e. The maximum absolute atomic E-state index is 12.2. The molecule has 0 aliphatic heterocycles. The van der Waals surface area contributed by atoms with Crippen LogP contribution in [0.25, 0.3) is 11.3 Å². The first kappa shape index (κ1) is 18.1. The molecule has 1 aromatic heterocycles. The first-order chi connectivity index (χ1) is 11.8. The lowest BCUT2D eigenvalue weighted by Crippen LogP contribution is -2.21. The van der Waals surface area contributed by atoms with Crippen molar-refractivity contribution in [3.05, 3.63) is 50.1 Å². The average molecular weight is 347 g/mol. The van der Waals surface area contributed by atoms with E-state index in [1.54, 1.807) is 13.8 Å². The number of hydrogen-bond donors (Lipinski definition) is 1. The molecular weight excluding hydrogens is 330 g/mol. The highest BCUT2D eigenvalue weighted by Crippen LogP contribution is 2.33. The lowest BCUT2D eigenvalue weighted by atomic mass is 9.98. The molecule has 0 fully saturated rings. The van der Waals surface area contributed by atoms with Gasteiger partial charge in [0, 0.05) is 17.3 Å². The summed E-state index contributed by atoms with van der Waals surface area (Å²) < 4.78 is 9.75. The van der Waals surface area contributed by atoms with Crippen LogP contribution >= 0.6 is 0 Å². The molecule has 0 spiro atoms. The Hall–Kier alpha value is -3.23. The monoisotopic (exact) mass is 347 g/mol. The number of nitrogens with zero attached hydrogens (tertiary/aromatic N) is 2. The first-order valence-electron chi connectivity index (χ1n) is 7.35. The fourth-order valence-corrected chi connectivity index (χ4v) is 2.42. The van der Waals surface area contributed by atoms with Gasteiger partial charge in [-0.05, 0) is 18.1 Å². The lowest BCUT2D eigenvalue weighted by Gasteiger charge is -2.14. The highest BCUT2D eigenvalue weighted by Gasteiger charge is 2.25. The number of nitro groups is 1. The molecule has 1 N–H and O–H groups in total. The molecular formula is C16H17N3O6. The lowest BCUT2D eigenvalue weighted by molar-refractivity contribution is -0.385. The van der Waals surface area contributed by atoms with Crippen molar-refractivity contribution in [1.29, 1.82) is 0 Å². The van der Waals surface area contributed by atoms with Crippen molar-refractivity contribution in [2.75, 3.05) is 14.2 Å². The van der Waals surface area contributed by atoms with Crippen LogP contribution in [0.3, 0.4) is 0 Å². The zero-order valence-electron chi connectivity index (χ0n) is 14.2. The number of rotatable bonds is 5. The Bertz CT molecular complexity index is 888. The van der Waals surface area contributed by atoms with Crippen LogP contribution in [0.4, 0.5) is 5.69 Å². The number of esters is 1. The molecule has 0 saturated carbocycles. The predicted molar refractivity (Wildman–Crippen MR) is 88.9 cm³/mol. The average Bonchev–Trinajstić information content (AvgIpc) is 2.59. The number of nitrogens with one attached hydrogen (secondary N) is 1. The number of carbonyl (C=O) groups excluding carboxylic acids is 1. The van der Waals surface area contributed by atoms with Crippen LogP contribution < -0.4 is 10.4 Å². The summed E-state index contributed by atoms with van der Waals surface area (Å²) >= 11 is 0. The minimum Gasteiger partial charge on any atom is -0.490 e. The van der Waals surface area contributed by atoms with Gasteiger partial charge in [-0.1, -0.05) is 13.8 Å². The molecule has 9 nitrogen and oxygen atoms in total. The van der Waals surface area contributed by atoms with E-state index in [4.69, 9.17) is 9.47 Å². The van der Waals surface area contributed by atoms with Crippen LogP contribution in [-0.4, -0.2) is 35.1 Å². The molecule has 0 bridgehead atoms. The fraction of sp³-hybridized carbons (Fsp3) is 0.312. The van der Waals surface area contributed by atoms with Gasteiger partial charge in [0.15, 0.2) is 5.75 Å². The van der Waals surface area contributed by atoms with Crippen LogP contribution in [-0.2, 0) is 4.74 Å². The molecule has 2 rings (SSSR count). The zero-order chi connectivity index (χ0) is 18.7. The third-order valence-corrected chi connectivity index (χ3v) is 3.58. The van der Waals surface area contributed by atoms with Crippen LogP contribution in [0, 0.1) is 10.1 Å². The summed E-state index contributed by atoms with van der Waals surface area (Å²) in [5.74, 6) is -0.833. The second kappa shape index (κ2) is 7.12. The molecule has 1 aromatic carbocycles. The van der Waals surface area contributed by atoms with Crippen LogP contribution in [0.5, 0.6) is 5.75 Å². The fourth-order valence-electron chi connectivity index (χ4n) is 2.42. The van der Waals surface area contributed by atoms with Crippen LogP contribution in [0.15, 0.2) is 23.0 Å². The van der Waals surface area contributed by atoms with E-state index in [9.17, 15) is 19.7 Å². The van der Waals surface area contributed by atoms with Crippen molar-refractivity contribution in [1.82, 2.24) is 9.97 Å². The van der Waals surface area contributed by atoms with Gasteiger partial charge >= 0.3 is 17.3 Å². The van der Waals surface area contributed by atoms with Crippen molar-refractivity contribution >= 4 is 11.7 Å². The second-order valence-electron chi connectivity index (χ2n) is 5.47. The summed E-state index contributed by atoms with van der Waals surface area (Å²) in [6.45, 7) is 3.58. The van der Waals surface area contributed by atoms with E-state index in [1.807, 2.05) is 0 Å². The number of methoxy groups -OCH3 is 2. The van der Waals surface area contributed by atoms with Crippen molar-refractivity contribution in [2.45, 2.75) is 19.8 Å². The van der Waals surface area contributed by atoms with Gasteiger partial charge in [0.25, 0.3) is 0 Å². The van der Waals surface area contributed by atoms with E-state index in [-0.39, 0.29) is 34.2 Å². The molecule has 0 amide bonds. The molecule has 2 aromatic rings. The van der Waals surface area contributed by atoms with Crippen molar-refractivity contribution < 1.29 is 19.2 Å². The molecule has 0 aliphatic carbocycles. The highest BCUT2D eigenvalue weighted by molar-refractivity contribution is 5.97. The molecule has 1 heterocycles. The van der Waals surface area contributed by atoms with Gasteiger partial charge in [0.2, 0.25) is 0 Å².